The lowest BCUT2D eigenvalue weighted by Gasteiger charge is -2.15. The van der Waals surface area contributed by atoms with Crippen LogP contribution < -0.4 is 4.90 Å². The smallest absolute Gasteiger partial charge is 0.225 e. The Morgan fingerprint density at radius 2 is 1.89 bits per heavy atom. The van der Waals surface area contributed by atoms with E-state index >= 15 is 0 Å². The molecule has 7 heteroatoms. The van der Waals surface area contributed by atoms with Crippen LogP contribution in [-0.4, -0.2) is 51.5 Å². The maximum atomic E-state index is 5.26. The van der Waals surface area contributed by atoms with Gasteiger partial charge in [0.25, 0.3) is 0 Å². The van der Waals surface area contributed by atoms with Crippen LogP contribution in [0.3, 0.4) is 0 Å². The number of nitrogens with zero attached hydrogens (tertiary/aromatic N) is 6. The number of hydrogen-bond acceptors (Lipinski definition) is 6. The molecule has 2 aromatic heterocycles. The Morgan fingerprint density at radius 3 is 2.68 bits per heavy atom. The number of anilines is 1. The summed E-state index contributed by atoms with van der Waals surface area (Å²) in [5.74, 6) is 2.34. The molecule has 0 amide bonds. The van der Waals surface area contributed by atoms with Gasteiger partial charge in [0, 0.05) is 32.8 Å². The summed E-state index contributed by atoms with van der Waals surface area (Å²) in [6, 6.07) is 10.3. The lowest BCUT2D eigenvalue weighted by atomic mass is 10.1. The van der Waals surface area contributed by atoms with Crippen LogP contribution in [-0.2, 0) is 17.7 Å². The first-order chi connectivity index (χ1) is 13.7. The molecule has 0 unspecified atom stereocenters. The molecule has 1 fully saturated rings. The Hall–Kier alpha value is -2.80. The molecule has 3 heterocycles. The van der Waals surface area contributed by atoms with Crippen molar-refractivity contribution in [2.24, 2.45) is 0 Å². The van der Waals surface area contributed by atoms with Gasteiger partial charge in [0.1, 0.15) is 5.69 Å². The lowest BCUT2D eigenvalue weighted by Crippen LogP contribution is -2.20. The van der Waals surface area contributed by atoms with Crippen molar-refractivity contribution < 1.29 is 4.74 Å². The molecule has 0 bridgehead atoms. The van der Waals surface area contributed by atoms with Gasteiger partial charge in [0.2, 0.25) is 5.95 Å². The minimum atomic E-state index is 0.574. The minimum Gasteiger partial charge on any atom is -0.383 e. The number of ether oxygens (including phenoxy) is 1. The van der Waals surface area contributed by atoms with Gasteiger partial charge >= 0.3 is 0 Å². The van der Waals surface area contributed by atoms with E-state index in [4.69, 9.17) is 19.8 Å². The molecule has 0 atom stereocenters. The van der Waals surface area contributed by atoms with Crippen molar-refractivity contribution in [1.29, 1.82) is 0 Å². The van der Waals surface area contributed by atoms with E-state index in [1.54, 1.807) is 7.11 Å². The van der Waals surface area contributed by atoms with Gasteiger partial charge in [-0.2, -0.15) is 5.10 Å². The Balaban J connectivity index is 1.66. The third-order valence-corrected chi connectivity index (χ3v) is 5.09. The van der Waals surface area contributed by atoms with E-state index in [0.717, 1.165) is 36.4 Å². The highest BCUT2D eigenvalue weighted by atomic mass is 16.5. The van der Waals surface area contributed by atoms with Crippen LogP contribution in [0.15, 0.2) is 36.5 Å². The zero-order valence-electron chi connectivity index (χ0n) is 16.5. The van der Waals surface area contributed by atoms with Gasteiger partial charge in [-0.3, -0.25) is 0 Å². The van der Waals surface area contributed by atoms with Crippen LogP contribution in [0.25, 0.3) is 11.5 Å². The van der Waals surface area contributed by atoms with Crippen molar-refractivity contribution in [2.45, 2.75) is 32.7 Å². The van der Waals surface area contributed by atoms with Crippen LogP contribution in [0.4, 0.5) is 5.95 Å². The number of aromatic nitrogens is 5. The van der Waals surface area contributed by atoms with Gasteiger partial charge in [-0.15, -0.1) is 0 Å². The second-order valence-electron chi connectivity index (χ2n) is 7.11. The molecule has 0 N–H and O–H groups in total. The summed E-state index contributed by atoms with van der Waals surface area (Å²) in [4.78, 5) is 16.3. The highest BCUT2D eigenvalue weighted by molar-refractivity contribution is 5.52. The van der Waals surface area contributed by atoms with Gasteiger partial charge in [0.15, 0.2) is 11.6 Å². The zero-order chi connectivity index (χ0) is 19.3. The van der Waals surface area contributed by atoms with E-state index in [1.165, 1.54) is 24.0 Å². The van der Waals surface area contributed by atoms with Crippen molar-refractivity contribution in [1.82, 2.24) is 24.7 Å². The molecule has 0 saturated carbocycles. The first kappa shape index (κ1) is 18.6. The Bertz CT molecular complexity index is 932. The maximum Gasteiger partial charge on any atom is 0.225 e. The highest BCUT2D eigenvalue weighted by Crippen LogP contribution is 2.21. The molecular weight excluding hydrogens is 352 g/mol. The first-order valence-electron chi connectivity index (χ1n) is 9.80. The molecule has 1 aliphatic heterocycles. The summed E-state index contributed by atoms with van der Waals surface area (Å²) in [5, 5.41) is 4.74. The molecular formula is C21H26N6O. The van der Waals surface area contributed by atoms with Crippen molar-refractivity contribution >= 4 is 5.95 Å². The average Bonchev–Trinajstić information content (AvgIpc) is 3.38. The van der Waals surface area contributed by atoms with Crippen molar-refractivity contribution in [2.75, 3.05) is 31.7 Å². The summed E-state index contributed by atoms with van der Waals surface area (Å²) in [6.45, 7) is 5.35. The standard InChI is InChI=1S/C21H26N6O/c1-16-7-3-4-8-17(16)15-19-24-20(27(25-19)13-14-28-2)18-9-10-22-21(23-18)26-11-5-6-12-26/h3-4,7-10H,5-6,11-15H2,1-2H3. The number of hydrogen-bond donors (Lipinski definition) is 0. The quantitative estimate of drug-likeness (QED) is 0.630. The number of rotatable bonds is 7. The molecule has 1 aromatic carbocycles. The van der Waals surface area contributed by atoms with Gasteiger partial charge in [-0.25, -0.2) is 19.6 Å². The van der Waals surface area contributed by atoms with Crippen LogP contribution in [0.1, 0.15) is 29.8 Å². The van der Waals surface area contributed by atoms with Crippen molar-refractivity contribution in [3.05, 3.63) is 53.5 Å². The SMILES string of the molecule is COCCn1nc(Cc2ccccc2C)nc1-c1ccnc(N2CCCC2)n1. The summed E-state index contributed by atoms with van der Waals surface area (Å²) >= 11 is 0. The predicted molar refractivity (Wildman–Crippen MR) is 108 cm³/mol. The maximum absolute atomic E-state index is 5.26. The summed E-state index contributed by atoms with van der Waals surface area (Å²) in [5.41, 5.74) is 3.28. The second-order valence-corrected chi connectivity index (χ2v) is 7.11. The van der Waals surface area contributed by atoms with E-state index < -0.39 is 0 Å². The first-order valence-corrected chi connectivity index (χ1v) is 9.80. The fourth-order valence-corrected chi connectivity index (χ4v) is 3.51. The summed E-state index contributed by atoms with van der Waals surface area (Å²) in [6.07, 6.45) is 4.90. The number of aryl methyl sites for hydroxylation is 1. The van der Waals surface area contributed by atoms with E-state index in [2.05, 4.69) is 41.1 Å². The number of benzene rings is 1. The normalized spacial score (nSPS) is 14.0. The van der Waals surface area contributed by atoms with E-state index in [1.807, 2.05) is 16.9 Å². The van der Waals surface area contributed by atoms with Crippen molar-refractivity contribution in [3.63, 3.8) is 0 Å². The fourth-order valence-electron chi connectivity index (χ4n) is 3.51. The molecule has 28 heavy (non-hydrogen) atoms. The van der Waals surface area contributed by atoms with E-state index in [0.29, 0.717) is 19.6 Å². The second kappa shape index (κ2) is 8.48. The molecule has 0 radical (unpaired) electrons. The fraction of sp³-hybridized carbons (Fsp3) is 0.429. The topological polar surface area (TPSA) is 69.0 Å². The van der Waals surface area contributed by atoms with Crippen LogP contribution >= 0.6 is 0 Å². The van der Waals surface area contributed by atoms with E-state index in [9.17, 15) is 0 Å². The predicted octanol–water partition coefficient (Wildman–Crippen LogP) is 2.88. The Morgan fingerprint density at radius 1 is 1.07 bits per heavy atom. The van der Waals surface area contributed by atoms with Crippen molar-refractivity contribution in [3.8, 4) is 11.5 Å². The van der Waals surface area contributed by atoms with Gasteiger partial charge in [-0.1, -0.05) is 24.3 Å². The largest absolute Gasteiger partial charge is 0.383 e. The van der Waals surface area contributed by atoms with Gasteiger partial charge < -0.3 is 9.64 Å². The van der Waals surface area contributed by atoms with E-state index in [-0.39, 0.29) is 0 Å². The molecule has 4 rings (SSSR count). The lowest BCUT2D eigenvalue weighted by molar-refractivity contribution is 0.184. The third-order valence-electron chi connectivity index (χ3n) is 5.09. The van der Waals surface area contributed by atoms with Crippen LogP contribution in [0.5, 0.6) is 0 Å². The molecule has 1 aliphatic rings. The van der Waals surface area contributed by atoms with Gasteiger partial charge in [0.05, 0.1) is 13.2 Å². The molecule has 0 spiro atoms. The number of methoxy groups -OCH3 is 1. The molecule has 7 nitrogen and oxygen atoms in total. The van der Waals surface area contributed by atoms with Crippen LogP contribution in [0.2, 0.25) is 0 Å². The molecule has 0 aliphatic carbocycles. The third kappa shape index (κ3) is 4.04. The highest BCUT2D eigenvalue weighted by Gasteiger charge is 2.18. The van der Waals surface area contributed by atoms with Crippen LogP contribution in [0, 0.1) is 6.92 Å². The van der Waals surface area contributed by atoms with Gasteiger partial charge in [-0.05, 0) is 37.0 Å². The summed E-state index contributed by atoms with van der Waals surface area (Å²) < 4.78 is 7.15. The molecule has 1 saturated heterocycles. The minimum absolute atomic E-state index is 0.574. The average molecular weight is 378 g/mol. The molecule has 146 valence electrons. The zero-order valence-corrected chi connectivity index (χ0v) is 16.5. The Labute approximate surface area is 165 Å². The summed E-state index contributed by atoms with van der Waals surface area (Å²) in [7, 11) is 1.70. The Kier molecular flexibility index (Phi) is 5.62. The monoisotopic (exact) mass is 378 g/mol. The molecule has 3 aromatic rings.